The maximum absolute atomic E-state index is 12.4. The van der Waals surface area contributed by atoms with Crippen LogP contribution in [0.5, 0.6) is 0 Å². The summed E-state index contributed by atoms with van der Waals surface area (Å²) in [5, 5.41) is 3.16. The van der Waals surface area contributed by atoms with Crippen molar-refractivity contribution in [3.63, 3.8) is 0 Å². The number of carbonyl (C=O) groups excluding carboxylic acids is 1. The van der Waals surface area contributed by atoms with Gasteiger partial charge in [-0.3, -0.25) is 10.1 Å². The average molecular weight is 382 g/mol. The van der Waals surface area contributed by atoms with E-state index in [1.165, 1.54) is 0 Å². The minimum absolute atomic E-state index is 0.0731. The third-order valence-corrected chi connectivity index (χ3v) is 4.44. The van der Waals surface area contributed by atoms with Gasteiger partial charge in [0.2, 0.25) is 0 Å². The van der Waals surface area contributed by atoms with Crippen molar-refractivity contribution in [3.8, 4) is 0 Å². The van der Waals surface area contributed by atoms with Gasteiger partial charge in [-0.25, -0.2) is 4.99 Å². The number of carbonyl (C=O) groups is 1. The second-order valence-electron chi connectivity index (χ2n) is 6.23. The van der Waals surface area contributed by atoms with Crippen LogP contribution in [-0.2, 0) is 4.74 Å². The van der Waals surface area contributed by atoms with Crippen molar-refractivity contribution in [3.05, 3.63) is 34.9 Å². The first-order valence-electron chi connectivity index (χ1n) is 9.50. The van der Waals surface area contributed by atoms with E-state index in [9.17, 15) is 4.79 Å². The number of nitrogens with one attached hydrogen (secondary N) is 1. The van der Waals surface area contributed by atoms with Gasteiger partial charge < -0.3 is 9.64 Å². The Hall–Kier alpha value is -1.59. The van der Waals surface area contributed by atoms with Crippen LogP contribution in [0.3, 0.4) is 0 Å². The van der Waals surface area contributed by atoms with E-state index in [4.69, 9.17) is 16.3 Å². The van der Waals surface area contributed by atoms with Gasteiger partial charge in [0, 0.05) is 0 Å². The Morgan fingerprint density at radius 2 is 1.96 bits per heavy atom. The van der Waals surface area contributed by atoms with E-state index >= 15 is 0 Å². The molecule has 0 aliphatic rings. The second-order valence-corrected chi connectivity index (χ2v) is 6.64. The van der Waals surface area contributed by atoms with Crippen LogP contribution >= 0.6 is 11.6 Å². The number of aliphatic imine (C=N–C) groups is 1. The Bertz CT molecular complexity index is 574. The molecule has 0 fully saturated rings. The van der Waals surface area contributed by atoms with E-state index in [2.05, 4.69) is 29.1 Å². The molecule has 1 rings (SSSR count). The van der Waals surface area contributed by atoms with Crippen LogP contribution in [0.2, 0.25) is 5.02 Å². The number of ether oxygens (including phenoxy) is 1. The normalized spacial score (nSPS) is 12.9. The molecule has 0 saturated heterocycles. The van der Waals surface area contributed by atoms with Crippen molar-refractivity contribution in [1.29, 1.82) is 0 Å². The van der Waals surface area contributed by atoms with E-state index in [1.807, 2.05) is 13.8 Å². The molecule has 0 bridgehead atoms. The van der Waals surface area contributed by atoms with Gasteiger partial charge in [-0.1, -0.05) is 44.5 Å². The summed E-state index contributed by atoms with van der Waals surface area (Å²) in [7, 11) is 0. The van der Waals surface area contributed by atoms with E-state index < -0.39 is 0 Å². The molecule has 26 heavy (non-hydrogen) atoms. The summed E-state index contributed by atoms with van der Waals surface area (Å²) in [6.45, 7) is 12.1. The molecule has 0 aliphatic carbocycles. The summed E-state index contributed by atoms with van der Waals surface area (Å²) in [5.41, 5.74) is 0.413. The van der Waals surface area contributed by atoms with Crippen molar-refractivity contribution >= 4 is 23.5 Å². The SMILES string of the molecule is CCCOC(=NC(C)CCCN(CC)CC)NC(=O)c1ccccc1Cl. The summed E-state index contributed by atoms with van der Waals surface area (Å²) < 4.78 is 5.63. The molecule has 1 N–H and O–H groups in total. The number of rotatable bonds is 10. The lowest BCUT2D eigenvalue weighted by atomic mass is 10.2. The number of halogens is 1. The molecule has 1 atom stereocenters. The van der Waals surface area contributed by atoms with E-state index in [-0.39, 0.29) is 18.0 Å². The van der Waals surface area contributed by atoms with Crippen LogP contribution in [0, 0.1) is 0 Å². The molecule has 1 unspecified atom stereocenters. The molecule has 0 radical (unpaired) electrons. The lowest BCUT2D eigenvalue weighted by Gasteiger charge is -2.18. The van der Waals surface area contributed by atoms with Crippen LogP contribution in [0.1, 0.15) is 57.3 Å². The van der Waals surface area contributed by atoms with Gasteiger partial charge in [-0.05, 0) is 58.0 Å². The van der Waals surface area contributed by atoms with Gasteiger partial charge in [-0.15, -0.1) is 0 Å². The van der Waals surface area contributed by atoms with Crippen molar-refractivity contribution in [1.82, 2.24) is 10.2 Å². The Morgan fingerprint density at radius 1 is 1.27 bits per heavy atom. The van der Waals surface area contributed by atoms with Gasteiger partial charge in [0.05, 0.1) is 23.2 Å². The standard InChI is InChI=1S/C20H32ClN3O2/c1-5-15-26-20(22-16(4)11-10-14-24(6-2)7-3)23-19(25)17-12-8-9-13-18(17)21/h8-9,12-13,16H,5-7,10-11,14-15H2,1-4H3,(H,22,23,25). The van der Waals surface area contributed by atoms with Crippen molar-refractivity contribution < 1.29 is 9.53 Å². The van der Waals surface area contributed by atoms with E-state index in [0.29, 0.717) is 17.2 Å². The predicted molar refractivity (Wildman–Crippen MR) is 109 cm³/mol. The molecule has 0 spiro atoms. The Labute approximate surface area is 162 Å². The monoisotopic (exact) mass is 381 g/mol. The molecule has 146 valence electrons. The number of nitrogens with zero attached hydrogens (tertiary/aromatic N) is 2. The Balaban J connectivity index is 2.67. The third kappa shape index (κ3) is 8.19. The summed E-state index contributed by atoms with van der Waals surface area (Å²) in [6, 6.07) is 7.29. The fourth-order valence-electron chi connectivity index (χ4n) is 2.53. The highest BCUT2D eigenvalue weighted by atomic mass is 35.5. The third-order valence-electron chi connectivity index (χ3n) is 4.11. The maximum atomic E-state index is 12.4. The first kappa shape index (κ1) is 22.5. The molecular weight excluding hydrogens is 350 g/mol. The van der Waals surface area contributed by atoms with Gasteiger partial charge in [-0.2, -0.15) is 0 Å². The Kier molecular flexibility index (Phi) is 11.0. The van der Waals surface area contributed by atoms with Crippen LogP contribution in [0.15, 0.2) is 29.3 Å². The first-order chi connectivity index (χ1) is 12.5. The summed E-state index contributed by atoms with van der Waals surface area (Å²) in [4.78, 5) is 19.4. The topological polar surface area (TPSA) is 53.9 Å². The second kappa shape index (κ2) is 12.7. The smallest absolute Gasteiger partial charge is 0.291 e. The number of amidine groups is 1. The minimum atomic E-state index is -0.305. The molecule has 5 nitrogen and oxygen atoms in total. The highest BCUT2D eigenvalue weighted by molar-refractivity contribution is 6.34. The number of benzene rings is 1. The molecule has 0 heterocycles. The lowest BCUT2D eigenvalue weighted by molar-refractivity contribution is 0.0965. The first-order valence-corrected chi connectivity index (χ1v) is 9.88. The molecule has 1 amide bonds. The molecule has 0 aromatic heterocycles. The molecule has 1 aromatic carbocycles. The van der Waals surface area contributed by atoms with Crippen molar-refractivity contribution in [2.75, 3.05) is 26.2 Å². The zero-order valence-electron chi connectivity index (χ0n) is 16.4. The fraction of sp³-hybridized carbons (Fsp3) is 0.600. The molecule has 1 aromatic rings. The van der Waals surface area contributed by atoms with Crippen LogP contribution in [-0.4, -0.2) is 49.1 Å². The summed E-state index contributed by atoms with van der Waals surface area (Å²) in [5.74, 6) is -0.305. The van der Waals surface area contributed by atoms with Crippen LogP contribution in [0.4, 0.5) is 0 Å². The van der Waals surface area contributed by atoms with Crippen LogP contribution in [0.25, 0.3) is 0 Å². The predicted octanol–water partition coefficient (Wildman–Crippen LogP) is 4.36. The van der Waals surface area contributed by atoms with Gasteiger partial charge in [0.25, 0.3) is 11.9 Å². The van der Waals surface area contributed by atoms with Gasteiger partial charge >= 0.3 is 0 Å². The summed E-state index contributed by atoms with van der Waals surface area (Å²) >= 11 is 6.09. The molecule has 0 saturated carbocycles. The zero-order valence-corrected chi connectivity index (χ0v) is 17.2. The minimum Gasteiger partial charge on any atom is -0.465 e. The van der Waals surface area contributed by atoms with Crippen molar-refractivity contribution in [2.24, 2.45) is 4.99 Å². The lowest BCUT2D eigenvalue weighted by Crippen LogP contribution is -2.34. The van der Waals surface area contributed by atoms with E-state index in [0.717, 1.165) is 38.9 Å². The highest BCUT2D eigenvalue weighted by Gasteiger charge is 2.14. The zero-order chi connectivity index (χ0) is 19.4. The van der Waals surface area contributed by atoms with Gasteiger partial charge in [0.1, 0.15) is 0 Å². The average Bonchev–Trinajstić information content (AvgIpc) is 2.63. The molecule has 6 heteroatoms. The largest absolute Gasteiger partial charge is 0.465 e. The quantitative estimate of drug-likeness (QED) is 0.483. The van der Waals surface area contributed by atoms with E-state index in [1.54, 1.807) is 24.3 Å². The highest BCUT2D eigenvalue weighted by Crippen LogP contribution is 2.14. The van der Waals surface area contributed by atoms with Crippen molar-refractivity contribution in [2.45, 2.75) is 53.0 Å². The fourth-order valence-corrected chi connectivity index (χ4v) is 2.75. The number of hydrogen-bond donors (Lipinski definition) is 1. The number of amides is 1. The Morgan fingerprint density at radius 3 is 2.58 bits per heavy atom. The summed E-state index contributed by atoms with van der Waals surface area (Å²) in [6.07, 6.45) is 2.85. The molecular formula is C20H32ClN3O2. The van der Waals surface area contributed by atoms with Gasteiger partial charge in [0.15, 0.2) is 0 Å². The number of hydrogen-bond acceptors (Lipinski definition) is 4. The maximum Gasteiger partial charge on any atom is 0.291 e. The molecule has 0 aliphatic heterocycles. The van der Waals surface area contributed by atoms with Crippen LogP contribution < -0.4 is 5.32 Å².